The molecule has 1 atom stereocenters. The SMILES string of the molecule is Cc1ccc2nc(NNC(=O)C3COc4ccccc4O3)sc2c1. The minimum Gasteiger partial charge on any atom is -0.485 e. The first kappa shape index (κ1) is 14.8. The number of thiazole rings is 1. The summed E-state index contributed by atoms with van der Waals surface area (Å²) in [4.78, 5) is 16.7. The molecule has 0 radical (unpaired) electrons. The highest BCUT2D eigenvalue weighted by molar-refractivity contribution is 7.22. The quantitative estimate of drug-likeness (QED) is 0.717. The minimum absolute atomic E-state index is 0.170. The van der Waals surface area contributed by atoms with Gasteiger partial charge >= 0.3 is 0 Å². The molecule has 1 unspecified atom stereocenters. The zero-order chi connectivity index (χ0) is 16.5. The molecular formula is C17H15N3O3S. The van der Waals surface area contributed by atoms with E-state index < -0.39 is 6.10 Å². The number of amides is 1. The van der Waals surface area contributed by atoms with Crippen molar-refractivity contribution in [3.05, 3.63) is 48.0 Å². The summed E-state index contributed by atoms with van der Waals surface area (Å²) >= 11 is 1.48. The lowest BCUT2D eigenvalue weighted by atomic mass is 10.2. The van der Waals surface area contributed by atoms with E-state index >= 15 is 0 Å². The van der Waals surface area contributed by atoms with Gasteiger partial charge in [-0.2, -0.15) is 0 Å². The molecule has 1 aliphatic rings. The molecule has 1 aliphatic heterocycles. The number of nitrogens with zero attached hydrogens (tertiary/aromatic N) is 1. The minimum atomic E-state index is -0.705. The van der Waals surface area contributed by atoms with Crippen LogP contribution < -0.4 is 20.3 Å². The third-order valence-corrected chi connectivity index (χ3v) is 4.57. The van der Waals surface area contributed by atoms with Gasteiger partial charge in [0.1, 0.15) is 6.61 Å². The van der Waals surface area contributed by atoms with E-state index in [1.54, 1.807) is 6.07 Å². The fourth-order valence-corrected chi connectivity index (χ4v) is 3.35. The summed E-state index contributed by atoms with van der Waals surface area (Å²) in [6, 6.07) is 13.3. The van der Waals surface area contributed by atoms with Crippen LogP contribution in [-0.4, -0.2) is 23.6 Å². The van der Waals surface area contributed by atoms with Crippen molar-refractivity contribution in [1.82, 2.24) is 10.4 Å². The van der Waals surface area contributed by atoms with Crippen LogP contribution in [0.3, 0.4) is 0 Å². The van der Waals surface area contributed by atoms with Gasteiger partial charge in [-0.3, -0.25) is 15.6 Å². The number of benzene rings is 2. The van der Waals surface area contributed by atoms with Crippen LogP contribution in [0.5, 0.6) is 11.5 Å². The Morgan fingerprint density at radius 3 is 2.96 bits per heavy atom. The number of fused-ring (bicyclic) bond motifs is 2. The Morgan fingerprint density at radius 1 is 1.25 bits per heavy atom. The largest absolute Gasteiger partial charge is 0.485 e. The van der Waals surface area contributed by atoms with Gasteiger partial charge in [-0.05, 0) is 36.8 Å². The molecule has 0 bridgehead atoms. The number of hydrazine groups is 1. The molecule has 24 heavy (non-hydrogen) atoms. The third-order valence-electron chi connectivity index (χ3n) is 3.64. The molecule has 7 heteroatoms. The number of rotatable bonds is 3. The Morgan fingerprint density at radius 2 is 2.08 bits per heavy atom. The Labute approximate surface area is 142 Å². The van der Waals surface area contributed by atoms with Crippen molar-refractivity contribution < 1.29 is 14.3 Å². The zero-order valence-electron chi connectivity index (χ0n) is 12.9. The molecule has 0 saturated carbocycles. The van der Waals surface area contributed by atoms with E-state index in [4.69, 9.17) is 9.47 Å². The number of hydrogen-bond acceptors (Lipinski definition) is 6. The number of aromatic nitrogens is 1. The monoisotopic (exact) mass is 341 g/mol. The Kier molecular flexibility index (Phi) is 3.70. The molecule has 0 spiro atoms. The molecule has 2 heterocycles. The number of hydrogen-bond donors (Lipinski definition) is 2. The van der Waals surface area contributed by atoms with Gasteiger partial charge in [0, 0.05) is 0 Å². The van der Waals surface area contributed by atoms with Crippen LogP contribution in [0.15, 0.2) is 42.5 Å². The predicted molar refractivity (Wildman–Crippen MR) is 92.5 cm³/mol. The first-order valence-corrected chi connectivity index (χ1v) is 8.32. The van der Waals surface area contributed by atoms with Crippen LogP contribution in [0, 0.1) is 6.92 Å². The molecule has 0 fully saturated rings. The fraction of sp³-hybridized carbons (Fsp3) is 0.176. The lowest BCUT2D eigenvalue weighted by Crippen LogP contribution is -2.45. The van der Waals surface area contributed by atoms with E-state index in [1.165, 1.54) is 16.9 Å². The number of aryl methyl sites for hydroxylation is 1. The van der Waals surface area contributed by atoms with Crippen molar-refractivity contribution in [3.63, 3.8) is 0 Å². The highest BCUT2D eigenvalue weighted by atomic mass is 32.1. The van der Waals surface area contributed by atoms with Gasteiger partial charge in [0.15, 0.2) is 11.5 Å². The molecule has 2 N–H and O–H groups in total. The number of para-hydroxylation sites is 2. The van der Waals surface area contributed by atoms with Gasteiger partial charge in [-0.25, -0.2) is 4.98 Å². The standard InChI is InChI=1S/C17H15N3O3S/c1-10-6-7-11-15(8-10)24-17(18-11)20-19-16(21)14-9-22-12-4-2-3-5-13(12)23-14/h2-8,14H,9H2,1H3,(H,18,20)(H,19,21). The van der Waals surface area contributed by atoms with Gasteiger partial charge in [0.05, 0.1) is 10.2 Å². The summed E-state index contributed by atoms with van der Waals surface area (Å²) in [5, 5.41) is 0.626. The smallest absolute Gasteiger partial charge is 0.283 e. The highest BCUT2D eigenvalue weighted by Crippen LogP contribution is 2.31. The van der Waals surface area contributed by atoms with Crippen molar-refractivity contribution in [2.75, 3.05) is 12.0 Å². The summed E-state index contributed by atoms with van der Waals surface area (Å²) < 4.78 is 12.3. The first-order chi connectivity index (χ1) is 11.7. The van der Waals surface area contributed by atoms with Gasteiger partial charge in [0.25, 0.3) is 5.91 Å². The number of carbonyl (C=O) groups excluding carboxylic acids is 1. The Balaban J connectivity index is 1.41. The number of nitrogens with one attached hydrogen (secondary N) is 2. The normalized spacial score (nSPS) is 16.0. The maximum atomic E-state index is 12.2. The van der Waals surface area contributed by atoms with E-state index in [2.05, 4.69) is 21.9 Å². The van der Waals surface area contributed by atoms with Crippen LogP contribution in [0.25, 0.3) is 10.2 Å². The maximum absolute atomic E-state index is 12.2. The summed E-state index contributed by atoms with van der Waals surface area (Å²) in [6.07, 6.45) is -0.705. The number of ether oxygens (including phenoxy) is 2. The zero-order valence-corrected chi connectivity index (χ0v) is 13.7. The molecule has 0 saturated heterocycles. The molecular weight excluding hydrogens is 326 g/mol. The summed E-state index contributed by atoms with van der Waals surface area (Å²) in [6.45, 7) is 2.20. The van der Waals surface area contributed by atoms with Gasteiger partial charge in [-0.1, -0.05) is 29.5 Å². The molecule has 1 amide bonds. The predicted octanol–water partition coefficient (Wildman–Crippen LogP) is 2.89. The lowest BCUT2D eigenvalue weighted by molar-refractivity contribution is -0.129. The summed E-state index contributed by atoms with van der Waals surface area (Å²) in [5.74, 6) is 0.912. The van der Waals surface area contributed by atoms with Gasteiger partial charge < -0.3 is 9.47 Å². The van der Waals surface area contributed by atoms with E-state index in [9.17, 15) is 4.79 Å². The van der Waals surface area contributed by atoms with Crippen LogP contribution >= 0.6 is 11.3 Å². The van der Waals surface area contributed by atoms with Crippen LogP contribution in [0.2, 0.25) is 0 Å². The second kappa shape index (κ2) is 6.01. The van der Waals surface area contributed by atoms with Crippen LogP contribution in [0.1, 0.15) is 5.56 Å². The van der Waals surface area contributed by atoms with Crippen molar-refractivity contribution in [2.24, 2.45) is 0 Å². The highest BCUT2D eigenvalue weighted by Gasteiger charge is 2.27. The number of anilines is 1. The van der Waals surface area contributed by atoms with Crippen molar-refractivity contribution in [1.29, 1.82) is 0 Å². The average molecular weight is 341 g/mol. The lowest BCUT2D eigenvalue weighted by Gasteiger charge is -2.25. The Bertz CT molecular complexity index is 909. The van der Waals surface area contributed by atoms with E-state index in [0.29, 0.717) is 16.6 Å². The van der Waals surface area contributed by atoms with Crippen LogP contribution in [0.4, 0.5) is 5.13 Å². The molecule has 0 aliphatic carbocycles. The topological polar surface area (TPSA) is 72.5 Å². The van der Waals surface area contributed by atoms with E-state index in [-0.39, 0.29) is 12.5 Å². The summed E-state index contributed by atoms with van der Waals surface area (Å²) in [5.41, 5.74) is 7.55. The molecule has 4 rings (SSSR count). The van der Waals surface area contributed by atoms with Crippen molar-refractivity contribution in [3.8, 4) is 11.5 Å². The number of carbonyl (C=O) groups is 1. The molecule has 1 aromatic heterocycles. The van der Waals surface area contributed by atoms with E-state index in [1.807, 2.05) is 37.3 Å². The molecule has 6 nitrogen and oxygen atoms in total. The second-order valence-electron chi connectivity index (χ2n) is 5.47. The maximum Gasteiger partial charge on any atom is 0.283 e. The average Bonchev–Trinajstić information content (AvgIpc) is 3.01. The third kappa shape index (κ3) is 2.85. The molecule has 2 aromatic carbocycles. The Hall–Kier alpha value is -2.80. The molecule has 122 valence electrons. The van der Waals surface area contributed by atoms with Gasteiger partial charge in [-0.15, -0.1) is 0 Å². The van der Waals surface area contributed by atoms with Crippen molar-refractivity contribution >= 4 is 32.6 Å². The fourth-order valence-electron chi connectivity index (χ4n) is 2.43. The molecule has 3 aromatic rings. The van der Waals surface area contributed by atoms with Crippen LogP contribution in [-0.2, 0) is 4.79 Å². The van der Waals surface area contributed by atoms with Gasteiger partial charge in [0.2, 0.25) is 11.2 Å². The summed E-state index contributed by atoms with van der Waals surface area (Å²) in [7, 11) is 0. The van der Waals surface area contributed by atoms with E-state index in [0.717, 1.165) is 10.2 Å². The second-order valence-corrected chi connectivity index (χ2v) is 6.50. The first-order valence-electron chi connectivity index (χ1n) is 7.50. The van der Waals surface area contributed by atoms with Crippen molar-refractivity contribution in [2.45, 2.75) is 13.0 Å².